The van der Waals surface area contributed by atoms with Crippen LogP contribution in [0.3, 0.4) is 0 Å². The number of carbonyl (C=O) groups excluding carboxylic acids is 1. The molecule has 182 valence electrons. The van der Waals surface area contributed by atoms with Gasteiger partial charge in [-0.15, -0.1) is 0 Å². The van der Waals surface area contributed by atoms with E-state index < -0.39 is 5.82 Å². The number of aryl methyl sites for hydroxylation is 1. The van der Waals surface area contributed by atoms with Crippen LogP contribution in [0.5, 0.6) is 0 Å². The van der Waals surface area contributed by atoms with Crippen molar-refractivity contribution in [2.45, 2.75) is 26.2 Å². The van der Waals surface area contributed by atoms with E-state index in [1.165, 1.54) is 6.07 Å². The zero-order chi connectivity index (χ0) is 24.7. The largest absolute Gasteiger partial charge is 0.361 e. The van der Waals surface area contributed by atoms with E-state index in [0.717, 1.165) is 51.5 Å². The highest BCUT2D eigenvalue weighted by atomic mass is 35.5. The normalized spacial score (nSPS) is 13.4. The summed E-state index contributed by atoms with van der Waals surface area (Å²) in [5.41, 5.74) is 4.39. The number of rotatable bonds is 8. The van der Waals surface area contributed by atoms with Gasteiger partial charge in [-0.1, -0.05) is 52.8 Å². The Hall–Kier alpha value is -2.90. The predicted molar refractivity (Wildman–Crippen MR) is 142 cm³/mol. The van der Waals surface area contributed by atoms with Crippen LogP contribution in [0, 0.1) is 18.7 Å². The van der Waals surface area contributed by atoms with E-state index in [9.17, 15) is 9.18 Å². The molecule has 0 unspecified atom stereocenters. The third-order valence-corrected chi connectivity index (χ3v) is 7.97. The summed E-state index contributed by atoms with van der Waals surface area (Å²) in [4.78, 5) is 26.6. The van der Waals surface area contributed by atoms with Gasteiger partial charge in [-0.2, -0.15) is 0 Å². The molecule has 1 amide bonds. The molecule has 8 heteroatoms. The summed E-state index contributed by atoms with van der Waals surface area (Å²) in [6, 6.07) is 11.3. The van der Waals surface area contributed by atoms with Crippen LogP contribution in [-0.2, 0) is 6.42 Å². The van der Waals surface area contributed by atoms with Crippen molar-refractivity contribution in [3.8, 4) is 10.4 Å². The highest BCUT2D eigenvalue weighted by molar-refractivity contribution is 7.19. The maximum atomic E-state index is 13.9. The lowest BCUT2D eigenvalue weighted by Crippen LogP contribution is -2.35. The van der Waals surface area contributed by atoms with Gasteiger partial charge < -0.3 is 14.8 Å². The van der Waals surface area contributed by atoms with Crippen LogP contribution in [0.4, 0.5) is 9.52 Å². The summed E-state index contributed by atoms with van der Waals surface area (Å²) in [6.45, 7) is 3.33. The molecule has 0 aliphatic heterocycles. The highest BCUT2D eigenvalue weighted by Gasteiger charge is 2.30. The fourth-order valence-corrected chi connectivity index (χ4v) is 5.44. The van der Waals surface area contributed by atoms with E-state index in [1.54, 1.807) is 17.4 Å². The first-order valence-electron chi connectivity index (χ1n) is 11.8. The number of benzene rings is 2. The third-order valence-electron chi connectivity index (χ3n) is 6.40. The Balaban J connectivity index is 1.45. The lowest BCUT2D eigenvalue weighted by molar-refractivity contribution is 0.0745. The second-order valence-electron chi connectivity index (χ2n) is 9.51. The SMILES string of the molecule is Cc1cccc(-c2sc(N(C)C)nc2C(=O)N(CCc2c[nH]c3cc(F)c(Cl)cc23)CC2CC2)c1. The lowest BCUT2D eigenvalue weighted by Gasteiger charge is -2.22. The number of amides is 1. The van der Waals surface area contributed by atoms with Crippen LogP contribution in [0.25, 0.3) is 21.3 Å². The van der Waals surface area contributed by atoms with Crippen LogP contribution in [0.1, 0.15) is 34.5 Å². The van der Waals surface area contributed by atoms with E-state index in [2.05, 4.69) is 24.0 Å². The van der Waals surface area contributed by atoms with Gasteiger partial charge in [0.15, 0.2) is 5.13 Å². The Morgan fingerprint density at radius 2 is 2.06 bits per heavy atom. The van der Waals surface area contributed by atoms with Gasteiger partial charge in [-0.05, 0) is 55.4 Å². The highest BCUT2D eigenvalue weighted by Crippen LogP contribution is 2.37. The molecule has 2 aromatic heterocycles. The summed E-state index contributed by atoms with van der Waals surface area (Å²) in [6.07, 6.45) is 4.82. The van der Waals surface area contributed by atoms with Crippen LogP contribution >= 0.6 is 22.9 Å². The zero-order valence-corrected chi connectivity index (χ0v) is 21.6. The van der Waals surface area contributed by atoms with E-state index in [4.69, 9.17) is 16.6 Å². The molecule has 1 fully saturated rings. The molecule has 0 radical (unpaired) electrons. The van der Waals surface area contributed by atoms with Crippen LogP contribution in [0.15, 0.2) is 42.6 Å². The number of fused-ring (bicyclic) bond motifs is 1. The van der Waals surface area contributed by atoms with Crippen molar-refractivity contribution in [2.75, 3.05) is 32.1 Å². The molecule has 35 heavy (non-hydrogen) atoms. The van der Waals surface area contributed by atoms with Crippen molar-refractivity contribution in [3.05, 3.63) is 70.3 Å². The topological polar surface area (TPSA) is 52.2 Å². The molecule has 1 N–H and O–H groups in total. The standard InChI is InChI=1S/C27H28ClFN4OS/c1-16-5-4-6-18(11-16)25-24(31-27(35-25)32(2)3)26(34)33(15-17-7-8-17)10-9-19-14-30-23-13-22(29)21(28)12-20(19)23/h4-6,11-14,17,30H,7-10,15H2,1-3H3. The number of aromatic amines is 1. The molecule has 1 aliphatic rings. The monoisotopic (exact) mass is 510 g/mol. The van der Waals surface area contributed by atoms with E-state index in [1.807, 2.05) is 42.2 Å². The van der Waals surface area contributed by atoms with Crippen molar-refractivity contribution in [1.82, 2.24) is 14.9 Å². The summed E-state index contributed by atoms with van der Waals surface area (Å²) >= 11 is 7.58. The van der Waals surface area contributed by atoms with Crippen molar-refractivity contribution in [1.29, 1.82) is 0 Å². The maximum absolute atomic E-state index is 13.9. The Labute approximate surface area is 213 Å². The molecule has 0 spiro atoms. The van der Waals surface area contributed by atoms with Gasteiger partial charge in [0.25, 0.3) is 5.91 Å². The third kappa shape index (κ3) is 5.07. The van der Waals surface area contributed by atoms with E-state index in [0.29, 0.717) is 30.1 Å². The van der Waals surface area contributed by atoms with Gasteiger partial charge in [-0.3, -0.25) is 4.79 Å². The number of H-pyrrole nitrogens is 1. The number of anilines is 1. The van der Waals surface area contributed by atoms with Crippen LogP contribution in [-0.4, -0.2) is 48.0 Å². The van der Waals surface area contributed by atoms with Gasteiger partial charge >= 0.3 is 0 Å². The maximum Gasteiger partial charge on any atom is 0.274 e. The minimum atomic E-state index is -0.443. The molecule has 0 bridgehead atoms. The number of hydrogen-bond donors (Lipinski definition) is 1. The molecule has 0 saturated heterocycles. The second kappa shape index (κ2) is 9.63. The fourth-order valence-electron chi connectivity index (χ4n) is 4.30. The fraction of sp³-hybridized carbons (Fsp3) is 0.333. The average molecular weight is 511 g/mol. The molecule has 5 rings (SSSR count). The first-order chi connectivity index (χ1) is 16.8. The predicted octanol–water partition coefficient (Wildman–Crippen LogP) is 6.55. The number of halogens is 2. The van der Waals surface area contributed by atoms with Gasteiger partial charge in [0.2, 0.25) is 0 Å². The van der Waals surface area contributed by atoms with Gasteiger partial charge in [0.1, 0.15) is 11.5 Å². The zero-order valence-electron chi connectivity index (χ0n) is 20.1. The number of carbonyl (C=O) groups is 1. The smallest absolute Gasteiger partial charge is 0.274 e. The van der Waals surface area contributed by atoms with Crippen molar-refractivity contribution >= 4 is 44.9 Å². The lowest BCUT2D eigenvalue weighted by atomic mass is 10.1. The summed E-state index contributed by atoms with van der Waals surface area (Å²) in [5.74, 6) is 0.0588. The van der Waals surface area contributed by atoms with Crippen molar-refractivity contribution < 1.29 is 9.18 Å². The molecule has 0 atom stereocenters. The van der Waals surface area contributed by atoms with Gasteiger partial charge in [-0.25, -0.2) is 9.37 Å². The molecule has 1 aliphatic carbocycles. The number of nitrogens with one attached hydrogen (secondary N) is 1. The summed E-state index contributed by atoms with van der Waals surface area (Å²) in [5, 5.41) is 1.80. The molecule has 4 aromatic rings. The molecule has 1 saturated carbocycles. The summed E-state index contributed by atoms with van der Waals surface area (Å²) in [7, 11) is 3.89. The minimum absolute atomic E-state index is 0.0401. The Morgan fingerprint density at radius 1 is 1.26 bits per heavy atom. The first-order valence-corrected chi connectivity index (χ1v) is 13.0. The van der Waals surface area contributed by atoms with E-state index >= 15 is 0 Å². The quantitative estimate of drug-likeness (QED) is 0.292. The molecule has 2 aromatic carbocycles. The Morgan fingerprint density at radius 3 is 2.77 bits per heavy atom. The Kier molecular flexibility index (Phi) is 6.55. The molecule has 5 nitrogen and oxygen atoms in total. The Bertz CT molecular complexity index is 1390. The number of hydrogen-bond acceptors (Lipinski definition) is 4. The molecule has 2 heterocycles. The van der Waals surface area contributed by atoms with Gasteiger partial charge in [0.05, 0.1) is 9.90 Å². The van der Waals surface area contributed by atoms with Crippen LogP contribution < -0.4 is 4.90 Å². The van der Waals surface area contributed by atoms with E-state index in [-0.39, 0.29) is 10.9 Å². The first kappa shape index (κ1) is 23.8. The van der Waals surface area contributed by atoms with Crippen LogP contribution in [0.2, 0.25) is 5.02 Å². The number of aromatic nitrogens is 2. The average Bonchev–Trinajstić information content (AvgIpc) is 3.39. The molecular formula is C27H28ClFN4OS. The number of nitrogens with zero attached hydrogens (tertiary/aromatic N) is 3. The summed E-state index contributed by atoms with van der Waals surface area (Å²) < 4.78 is 13.9. The number of thiazole rings is 1. The van der Waals surface area contributed by atoms with Crippen molar-refractivity contribution in [3.63, 3.8) is 0 Å². The van der Waals surface area contributed by atoms with Gasteiger partial charge in [0, 0.05) is 44.3 Å². The van der Waals surface area contributed by atoms with Crippen molar-refractivity contribution in [2.24, 2.45) is 5.92 Å². The molecular weight excluding hydrogens is 483 g/mol. The second-order valence-corrected chi connectivity index (χ2v) is 10.9. The minimum Gasteiger partial charge on any atom is -0.361 e.